The van der Waals surface area contributed by atoms with E-state index in [9.17, 15) is 13.6 Å². The zero-order valence-electron chi connectivity index (χ0n) is 9.10. The van der Waals surface area contributed by atoms with Crippen molar-refractivity contribution >= 4 is 5.97 Å². The molecule has 0 bridgehead atoms. The van der Waals surface area contributed by atoms with Gasteiger partial charge in [0, 0.05) is 17.3 Å². The van der Waals surface area contributed by atoms with Gasteiger partial charge in [-0.1, -0.05) is 0 Å². The van der Waals surface area contributed by atoms with Gasteiger partial charge < -0.3 is 5.11 Å². The third-order valence-electron chi connectivity index (χ3n) is 2.31. The topological polar surface area (TPSA) is 63.1 Å². The van der Waals surface area contributed by atoms with Gasteiger partial charge in [-0.2, -0.15) is 0 Å². The van der Waals surface area contributed by atoms with Crippen molar-refractivity contribution in [3.05, 3.63) is 47.9 Å². The lowest BCUT2D eigenvalue weighted by atomic mass is 10.0. The Labute approximate surface area is 101 Å². The minimum atomic E-state index is -1.09. The van der Waals surface area contributed by atoms with Gasteiger partial charge in [0.05, 0.1) is 12.1 Å². The van der Waals surface area contributed by atoms with E-state index < -0.39 is 17.6 Å². The molecule has 1 aromatic heterocycles. The maximum absolute atomic E-state index is 13.6. The van der Waals surface area contributed by atoms with Gasteiger partial charge >= 0.3 is 5.97 Å². The first-order valence-corrected chi connectivity index (χ1v) is 5.04. The maximum atomic E-state index is 13.6. The molecule has 0 spiro atoms. The van der Waals surface area contributed by atoms with Crippen molar-refractivity contribution in [2.45, 2.75) is 6.42 Å². The van der Waals surface area contributed by atoms with Gasteiger partial charge in [0.25, 0.3) is 0 Å². The van der Waals surface area contributed by atoms with Crippen LogP contribution in [0.25, 0.3) is 11.3 Å². The first-order chi connectivity index (χ1) is 8.58. The van der Waals surface area contributed by atoms with Crippen LogP contribution in [0.3, 0.4) is 0 Å². The summed E-state index contributed by atoms with van der Waals surface area (Å²) in [5.41, 5.74) is 0.243. The molecular formula is C12H8F2N2O2. The van der Waals surface area contributed by atoms with Gasteiger partial charge in [-0.05, 0) is 18.2 Å². The molecule has 0 radical (unpaired) electrons. The Bertz CT molecular complexity index is 602. The molecule has 0 aliphatic heterocycles. The molecule has 6 heteroatoms. The van der Waals surface area contributed by atoms with Crippen LogP contribution >= 0.6 is 0 Å². The highest BCUT2D eigenvalue weighted by Crippen LogP contribution is 2.24. The number of rotatable bonds is 3. The zero-order chi connectivity index (χ0) is 13.1. The van der Waals surface area contributed by atoms with Crippen LogP contribution in [0.5, 0.6) is 0 Å². The number of aliphatic carboxylic acids is 1. The number of benzene rings is 1. The molecule has 0 saturated carbocycles. The summed E-state index contributed by atoms with van der Waals surface area (Å²) in [6, 6.07) is 2.93. The van der Waals surface area contributed by atoms with E-state index in [0.717, 1.165) is 24.5 Å². The van der Waals surface area contributed by atoms with Gasteiger partial charge in [-0.25, -0.2) is 18.7 Å². The van der Waals surface area contributed by atoms with Crippen LogP contribution in [0.2, 0.25) is 0 Å². The van der Waals surface area contributed by atoms with Crippen LogP contribution in [-0.2, 0) is 11.2 Å². The van der Waals surface area contributed by atoms with Crippen LogP contribution < -0.4 is 0 Å². The first-order valence-electron chi connectivity index (χ1n) is 5.04. The average Bonchev–Trinajstić information content (AvgIpc) is 2.32. The van der Waals surface area contributed by atoms with E-state index in [4.69, 9.17) is 5.11 Å². The van der Waals surface area contributed by atoms with Crippen LogP contribution in [0.15, 0.2) is 30.7 Å². The molecule has 1 aromatic carbocycles. The molecule has 0 aliphatic rings. The Balaban J connectivity index is 2.56. The van der Waals surface area contributed by atoms with Gasteiger partial charge in [0.15, 0.2) is 0 Å². The lowest BCUT2D eigenvalue weighted by Gasteiger charge is -2.07. The number of halogens is 2. The fraction of sp³-hybridized carbons (Fsp3) is 0.0833. The van der Waals surface area contributed by atoms with Crippen molar-refractivity contribution in [1.29, 1.82) is 0 Å². The summed E-state index contributed by atoms with van der Waals surface area (Å²) in [4.78, 5) is 18.2. The Morgan fingerprint density at radius 3 is 2.83 bits per heavy atom. The third kappa shape index (κ3) is 2.48. The minimum Gasteiger partial charge on any atom is -0.481 e. The summed E-state index contributed by atoms with van der Waals surface area (Å²) in [5.74, 6) is -2.38. The lowest BCUT2D eigenvalue weighted by Crippen LogP contribution is -2.04. The monoisotopic (exact) mass is 250 g/mol. The highest BCUT2D eigenvalue weighted by Gasteiger charge is 2.14. The predicted molar refractivity (Wildman–Crippen MR) is 58.7 cm³/mol. The standard InChI is InChI=1S/C12H8F2N2O2/c13-8-1-2-10(14)9(4-8)12-7(3-11(17)18)5-15-6-16-12/h1-2,4-6H,3H2,(H,17,18). The Morgan fingerprint density at radius 2 is 2.11 bits per heavy atom. The van der Waals surface area contributed by atoms with Crippen molar-refractivity contribution in [2.24, 2.45) is 0 Å². The Hall–Kier alpha value is -2.37. The number of carboxylic acid groups (broad SMARTS) is 1. The molecule has 0 aliphatic carbocycles. The quantitative estimate of drug-likeness (QED) is 0.905. The van der Waals surface area contributed by atoms with Crippen LogP contribution in [0, 0.1) is 11.6 Å². The van der Waals surface area contributed by atoms with Gasteiger partial charge in [0.2, 0.25) is 0 Å². The predicted octanol–water partition coefficient (Wildman–Crippen LogP) is 2.05. The molecule has 18 heavy (non-hydrogen) atoms. The average molecular weight is 250 g/mol. The van der Waals surface area contributed by atoms with Crippen molar-refractivity contribution in [3.8, 4) is 11.3 Å². The SMILES string of the molecule is O=C(O)Cc1cncnc1-c1cc(F)ccc1F. The highest BCUT2D eigenvalue weighted by atomic mass is 19.1. The number of hydrogen-bond acceptors (Lipinski definition) is 3. The molecular weight excluding hydrogens is 242 g/mol. The summed E-state index contributed by atoms with van der Waals surface area (Å²) in [6.07, 6.45) is 2.08. The second kappa shape index (κ2) is 4.87. The number of carboxylic acids is 1. The molecule has 92 valence electrons. The van der Waals surface area contributed by atoms with Crippen LogP contribution in [0.4, 0.5) is 8.78 Å². The second-order valence-electron chi connectivity index (χ2n) is 3.59. The molecule has 1 N–H and O–H groups in total. The molecule has 0 fully saturated rings. The summed E-state index contributed by atoms with van der Waals surface area (Å²) >= 11 is 0. The van der Waals surface area contributed by atoms with E-state index in [1.165, 1.54) is 6.20 Å². The van der Waals surface area contributed by atoms with E-state index >= 15 is 0 Å². The summed E-state index contributed by atoms with van der Waals surface area (Å²) < 4.78 is 26.7. The van der Waals surface area contributed by atoms with E-state index in [1.54, 1.807) is 0 Å². The minimum absolute atomic E-state index is 0.0753. The number of aromatic nitrogens is 2. The van der Waals surface area contributed by atoms with E-state index in [0.29, 0.717) is 0 Å². The van der Waals surface area contributed by atoms with Crippen molar-refractivity contribution < 1.29 is 18.7 Å². The van der Waals surface area contributed by atoms with E-state index in [1.807, 2.05) is 0 Å². The summed E-state index contributed by atoms with van der Waals surface area (Å²) in [5, 5.41) is 8.74. The second-order valence-corrected chi connectivity index (χ2v) is 3.59. The Morgan fingerprint density at radius 1 is 1.33 bits per heavy atom. The molecule has 2 rings (SSSR count). The zero-order valence-corrected chi connectivity index (χ0v) is 9.10. The molecule has 2 aromatic rings. The number of carbonyl (C=O) groups is 1. The normalized spacial score (nSPS) is 10.3. The van der Waals surface area contributed by atoms with Gasteiger partial charge in [-0.3, -0.25) is 4.79 Å². The molecule has 1 heterocycles. The van der Waals surface area contributed by atoms with Crippen LogP contribution in [0.1, 0.15) is 5.56 Å². The van der Waals surface area contributed by atoms with Crippen molar-refractivity contribution in [1.82, 2.24) is 9.97 Å². The molecule has 4 nitrogen and oxygen atoms in total. The molecule has 0 atom stereocenters. The number of nitrogens with zero attached hydrogens (tertiary/aromatic N) is 2. The smallest absolute Gasteiger partial charge is 0.307 e. The lowest BCUT2D eigenvalue weighted by molar-refractivity contribution is -0.136. The summed E-state index contributed by atoms with van der Waals surface area (Å²) in [6.45, 7) is 0. The fourth-order valence-corrected chi connectivity index (χ4v) is 1.57. The van der Waals surface area contributed by atoms with Gasteiger partial charge in [-0.15, -0.1) is 0 Å². The molecule has 0 amide bonds. The van der Waals surface area contributed by atoms with Crippen molar-refractivity contribution in [2.75, 3.05) is 0 Å². The maximum Gasteiger partial charge on any atom is 0.307 e. The van der Waals surface area contributed by atoms with E-state index in [-0.39, 0.29) is 23.2 Å². The summed E-state index contributed by atoms with van der Waals surface area (Å²) in [7, 11) is 0. The molecule has 0 unspecified atom stereocenters. The highest BCUT2D eigenvalue weighted by molar-refractivity contribution is 5.74. The van der Waals surface area contributed by atoms with Gasteiger partial charge in [0.1, 0.15) is 18.0 Å². The first kappa shape index (κ1) is 12.1. The third-order valence-corrected chi connectivity index (χ3v) is 2.31. The number of hydrogen-bond donors (Lipinski definition) is 1. The fourth-order valence-electron chi connectivity index (χ4n) is 1.57. The van der Waals surface area contributed by atoms with E-state index in [2.05, 4.69) is 9.97 Å². The van der Waals surface area contributed by atoms with Crippen LogP contribution in [-0.4, -0.2) is 21.0 Å². The Kier molecular flexibility index (Phi) is 3.27. The largest absolute Gasteiger partial charge is 0.481 e. The molecule has 0 saturated heterocycles. The van der Waals surface area contributed by atoms with Crippen molar-refractivity contribution in [3.63, 3.8) is 0 Å².